The zero-order valence-corrected chi connectivity index (χ0v) is 23.6. The molecule has 36 heavy (non-hydrogen) atoms. The Bertz CT molecular complexity index is 1010. The van der Waals surface area contributed by atoms with Gasteiger partial charge >= 0.3 is 6.09 Å². The Labute approximate surface area is 223 Å². The van der Waals surface area contributed by atoms with Crippen LogP contribution in [0.2, 0.25) is 0 Å². The largest absolute Gasteiger partial charge is 0.444 e. The number of alkyl carbamates (subject to hydrolysis) is 1. The number of carbonyl (C=O) groups excluding carboxylic acids is 2. The minimum Gasteiger partial charge on any atom is -0.444 e. The molecule has 3 heterocycles. The first-order chi connectivity index (χ1) is 17.2. The van der Waals surface area contributed by atoms with E-state index in [-0.39, 0.29) is 17.6 Å². The fourth-order valence-electron chi connectivity index (χ4n) is 5.20. The molecule has 2 fully saturated rings. The molecule has 8 heteroatoms. The number of thioether (sulfide) groups is 1. The molecule has 2 saturated heterocycles. The van der Waals surface area contributed by atoms with Crippen LogP contribution in [-0.4, -0.2) is 59.8 Å². The fourth-order valence-corrected chi connectivity index (χ4v) is 6.42. The summed E-state index contributed by atoms with van der Waals surface area (Å²) in [5.74, 6) is 0.333. The van der Waals surface area contributed by atoms with Crippen LogP contribution >= 0.6 is 23.1 Å². The lowest BCUT2D eigenvalue weighted by molar-refractivity contribution is -0.138. The summed E-state index contributed by atoms with van der Waals surface area (Å²) in [4.78, 5) is 32.7. The second kappa shape index (κ2) is 11.6. The summed E-state index contributed by atoms with van der Waals surface area (Å²) < 4.78 is 5.50. The van der Waals surface area contributed by atoms with Crippen molar-refractivity contribution in [3.8, 4) is 0 Å². The van der Waals surface area contributed by atoms with Gasteiger partial charge in [0.1, 0.15) is 5.60 Å². The van der Waals surface area contributed by atoms with Crippen LogP contribution in [-0.2, 0) is 16.1 Å². The van der Waals surface area contributed by atoms with Crippen molar-refractivity contribution in [3.63, 3.8) is 0 Å². The van der Waals surface area contributed by atoms with Gasteiger partial charge in [0.25, 0.3) is 0 Å². The third-order valence-electron chi connectivity index (χ3n) is 7.26. The molecule has 0 bridgehead atoms. The van der Waals surface area contributed by atoms with Crippen molar-refractivity contribution in [3.05, 3.63) is 52.2 Å². The normalized spacial score (nSPS) is 19.0. The number of piperidine rings is 1. The number of benzene rings is 1. The van der Waals surface area contributed by atoms with Crippen molar-refractivity contribution >= 4 is 35.1 Å². The third kappa shape index (κ3) is 6.84. The summed E-state index contributed by atoms with van der Waals surface area (Å²) in [5, 5.41) is 5.11. The van der Waals surface area contributed by atoms with Crippen LogP contribution < -0.4 is 5.32 Å². The summed E-state index contributed by atoms with van der Waals surface area (Å²) in [6.45, 7) is 9.92. The maximum atomic E-state index is 13.4. The van der Waals surface area contributed by atoms with Crippen LogP contribution in [0.1, 0.15) is 62.9 Å². The molecular formula is C28H39N3O3S2. The van der Waals surface area contributed by atoms with E-state index in [1.807, 2.05) is 32.2 Å². The molecule has 1 N–H and O–H groups in total. The Morgan fingerprint density at radius 1 is 1.14 bits per heavy atom. The predicted octanol–water partition coefficient (Wildman–Crippen LogP) is 5.94. The maximum Gasteiger partial charge on any atom is 0.408 e. The topological polar surface area (TPSA) is 61.9 Å². The van der Waals surface area contributed by atoms with E-state index in [9.17, 15) is 9.59 Å². The number of hydrogen-bond donors (Lipinski definition) is 1. The first-order valence-electron chi connectivity index (χ1n) is 12.8. The van der Waals surface area contributed by atoms with E-state index in [4.69, 9.17) is 4.74 Å². The van der Waals surface area contributed by atoms with Gasteiger partial charge in [0.2, 0.25) is 5.91 Å². The number of thiophene rings is 1. The first kappa shape index (κ1) is 27.0. The molecule has 1 unspecified atom stereocenters. The highest BCUT2D eigenvalue weighted by Gasteiger charge is 2.47. The SMILES string of the molecule is CSc1ccc(CN2CCC3(CCN(CCC(NC(=O)OC(C)(C)C)c4cccs4)CC3)C2=O)cc1. The molecule has 0 aliphatic carbocycles. The molecule has 6 nitrogen and oxygen atoms in total. The Kier molecular flexibility index (Phi) is 8.68. The van der Waals surface area contributed by atoms with E-state index in [2.05, 4.69) is 51.7 Å². The summed E-state index contributed by atoms with van der Waals surface area (Å²) in [7, 11) is 0. The second-order valence-corrected chi connectivity index (χ2v) is 12.8. The lowest BCUT2D eigenvalue weighted by Crippen LogP contribution is -2.45. The van der Waals surface area contributed by atoms with Gasteiger partial charge in [-0.3, -0.25) is 4.79 Å². The minimum atomic E-state index is -0.523. The Morgan fingerprint density at radius 2 is 1.83 bits per heavy atom. The van der Waals surface area contributed by atoms with E-state index in [0.717, 1.165) is 56.7 Å². The summed E-state index contributed by atoms with van der Waals surface area (Å²) in [6.07, 6.45) is 5.31. The maximum absolute atomic E-state index is 13.4. The van der Waals surface area contributed by atoms with Crippen LogP contribution in [0.3, 0.4) is 0 Å². The molecule has 196 valence electrons. The number of ether oxygens (including phenoxy) is 1. The highest BCUT2D eigenvalue weighted by molar-refractivity contribution is 7.98. The summed E-state index contributed by atoms with van der Waals surface area (Å²) in [5.41, 5.74) is 0.482. The van der Waals surface area contributed by atoms with Crippen molar-refractivity contribution < 1.29 is 14.3 Å². The van der Waals surface area contributed by atoms with Gasteiger partial charge in [-0.1, -0.05) is 18.2 Å². The average molecular weight is 530 g/mol. The van der Waals surface area contributed by atoms with Crippen LogP contribution in [0.15, 0.2) is 46.7 Å². The van der Waals surface area contributed by atoms with Gasteiger partial charge in [0.15, 0.2) is 0 Å². The molecule has 1 spiro atoms. The molecule has 2 aliphatic heterocycles. The van der Waals surface area contributed by atoms with Crippen molar-refractivity contribution in [2.45, 2.75) is 69.5 Å². The zero-order chi connectivity index (χ0) is 25.8. The van der Waals surface area contributed by atoms with Crippen LogP contribution in [0.25, 0.3) is 0 Å². The molecule has 4 rings (SSSR count). The number of likely N-dealkylation sites (tertiary alicyclic amines) is 2. The van der Waals surface area contributed by atoms with Crippen molar-refractivity contribution in [2.24, 2.45) is 5.41 Å². The first-order valence-corrected chi connectivity index (χ1v) is 15.0. The number of nitrogens with one attached hydrogen (secondary N) is 1. The van der Waals surface area contributed by atoms with Gasteiger partial charge < -0.3 is 19.9 Å². The van der Waals surface area contributed by atoms with Crippen LogP contribution in [0.5, 0.6) is 0 Å². The number of nitrogens with zero attached hydrogens (tertiary/aromatic N) is 2. The van der Waals surface area contributed by atoms with E-state index < -0.39 is 5.60 Å². The standard InChI is InChI=1S/C28H39N3O3S2/c1-27(2,3)34-26(33)29-23(24-6-5-19-36-24)11-15-30-16-12-28(13-17-30)14-18-31(25(28)32)20-21-7-9-22(35-4)10-8-21/h5-10,19,23H,11-18,20H2,1-4H3,(H,29,33). The Morgan fingerprint density at radius 3 is 2.44 bits per heavy atom. The molecule has 2 amide bonds. The lowest BCUT2D eigenvalue weighted by Gasteiger charge is -2.38. The molecule has 0 saturated carbocycles. The monoisotopic (exact) mass is 529 g/mol. The zero-order valence-electron chi connectivity index (χ0n) is 21.9. The van der Waals surface area contributed by atoms with Crippen molar-refractivity contribution in [1.82, 2.24) is 15.1 Å². The highest BCUT2D eigenvalue weighted by atomic mass is 32.2. The fraction of sp³-hybridized carbons (Fsp3) is 0.571. The molecule has 1 aromatic carbocycles. The van der Waals surface area contributed by atoms with Gasteiger partial charge in [0, 0.05) is 29.4 Å². The minimum absolute atomic E-state index is 0.0724. The molecular weight excluding hydrogens is 490 g/mol. The predicted molar refractivity (Wildman–Crippen MR) is 147 cm³/mol. The van der Waals surface area contributed by atoms with Crippen LogP contribution in [0.4, 0.5) is 4.79 Å². The van der Waals surface area contributed by atoms with Gasteiger partial charge in [-0.2, -0.15) is 0 Å². The van der Waals surface area contributed by atoms with E-state index >= 15 is 0 Å². The van der Waals surface area contributed by atoms with Crippen LogP contribution in [0, 0.1) is 5.41 Å². The van der Waals surface area contributed by atoms with E-state index in [1.165, 1.54) is 10.5 Å². The number of hydrogen-bond acceptors (Lipinski definition) is 6. The molecule has 1 atom stereocenters. The van der Waals surface area contributed by atoms with E-state index in [0.29, 0.717) is 12.5 Å². The lowest BCUT2D eigenvalue weighted by atomic mass is 9.77. The van der Waals surface area contributed by atoms with Crippen molar-refractivity contribution in [2.75, 3.05) is 32.4 Å². The number of amides is 2. The van der Waals surface area contributed by atoms with Crippen molar-refractivity contribution in [1.29, 1.82) is 0 Å². The number of carbonyl (C=O) groups is 2. The van der Waals surface area contributed by atoms with Gasteiger partial charge in [-0.25, -0.2) is 4.79 Å². The summed E-state index contributed by atoms with van der Waals surface area (Å²) >= 11 is 3.39. The Balaban J connectivity index is 1.28. The molecule has 2 aromatic rings. The third-order valence-corrected chi connectivity index (χ3v) is 8.99. The molecule has 1 aromatic heterocycles. The van der Waals surface area contributed by atoms with Gasteiger partial charge in [0.05, 0.1) is 11.5 Å². The van der Waals surface area contributed by atoms with Gasteiger partial charge in [-0.05, 0) is 94.9 Å². The highest BCUT2D eigenvalue weighted by Crippen LogP contribution is 2.42. The Hall–Kier alpha value is -2.03. The van der Waals surface area contributed by atoms with E-state index in [1.54, 1.807) is 23.1 Å². The smallest absolute Gasteiger partial charge is 0.408 e. The van der Waals surface area contributed by atoms with Gasteiger partial charge in [-0.15, -0.1) is 23.1 Å². The molecule has 2 aliphatic rings. The number of rotatable bonds is 8. The molecule has 0 radical (unpaired) electrons. The quantitative estimate of drug-likeness (QED) is 0.429. The summed E-state index contributed by atoms with van der Waals surface area (Å²) in [6, 6.07) is 12.6. The average Bonchev–Trinajstić information content (AvgIpc) is 3.48. The second-order valence-electron chi connectivity index (χ2n) is 10.9.